The number of carbonyl (C=O) groups is 1. The molecule has 0 unspecified atom stereocenters. The van der Waals surface area contributed by atoms with Crippen LogP contribution in [0, 0.1) is 11.7 Å². The summed E-state index contributed by atoms with van der Waals surface area (Å²) in [5, 5.41) is 5.43. The first-order chi connectivity index (χ1) is 17.7. The summed E-state index contributed by atoms with van der Waals surface area (Å²) < 4.78 is 16.0. The molecule has 3 aromatic heterocycles. The van der Waals surface area contributed by atoms with E-state index in [0.717, 1.165) is 12.8 Å². The summed E-state index contributed by atoms with van der Waals surface area (Å²) in [5.74, 6) is 1.01. The first-order valence-corrected chi connectivity index (χ1v) is 12.3. The third-order valence-corrected chi connectivity index (χ3v) is 7.16. The summed E-state index contributed by atoms with van der Waals surface area (Å²) in [5.41, 5.74) is 7.97. The smallest absolute Gasteiger partial charge is 0.272 e. The zero-order valence-corrected chi connectivity index (χ0v) is 20.9. The maximum atomic E-state index is 14.4. The SMILES string of the molecule is CN(CC1CC1)C(=O)c1nc(-c2nn(Cc3ccccc3F)c3ncccc23)nc2c1C(C)(C)C(N)=N2. The third-order valence-electron chi connectivity index (χ3n) is 7.16. The number of amides is 1. The van der Waals surface area contributed by atoms with Crippen molar-refractivity contribution in [1.82, 2.24) is 29.6 Å². The van der Waals surface area contributed by atoms with Gasteiger partial charge >= 0.3 is 0 Å². The molecule has 1 aromatic carbocycles. The summed E-state index contributed by atoms with van der Waals surface area (Å²) in [4.78, 5) is 33.8. The number of nitrogens with two attached hydrogens (primary N) is 1. The predicted octanol–water partition coefficient (Wildman–Crippen LogP) is 3.84. The number of benzene rings is 1. The topological polar surface area (TPSA) is 115 Å². The lowest BCUT2D eigenvalue weighted by Crippen LogP contribution is -2.37. The molecule has 6 rings (SSSR count). The summed E-state index contributed by atoms with van der Waals surface area (Å²) in [6.07, 6.45) is 3.92. The van der Waals surface area contributed by atoms with Crippen LogP contribution >= 0.6 is 0 Å². The molecule has 0 spiro atoms. The van der Waals surface area contributed by atoms with E-state index in [2.05, 4.69) is 9.98 Å². The number of aliphatic imine (C=N–C) groups is 1. The maximum Gasteiger partial charge on any atom is 0.272 e. The molecule has 4 aromatic rings. The Balaban J connectivity index is 1.50. The van der Waals surface area contributed by atoms with E-state index < -0.39 is 5.41 Å². The van der Waals surface area contributed by atoms with Crippen molar-refractivity contribution in [1.29, 1.82) is 0 Å². The average molecular weight is 499 g/mol. The predicted molar refractivity (Wildman–Crippen MR) is 138 cm³/mol. The van der Waals surface area contributed by atoms with Crippen LogP contribution in [0.5, 0.6) is 0 Å². The lowest BCUT2D eigenvalue weighted by molar-refractivity contribution is 0.0781. The van der Waals surface area contributed by atoms with Crippen LogP contribution in [0.15, 0.2) is 47.6 Å². The number of rotatable bonds is 6. The van der Waals surface area contributed by atoms with E-state index in [1.807, 2.05) is 19.9 Å². The highest BCUT2D eigenvalue weighted by molar-refractivity contribution is 6.04. The average Bonchev–Trinajstić information content (AvgIpc) is 3.57. The molecule has 0 saturated heterocycles. The quantitative estimate of drug-likeness (QED) is 0.432. The van der Waals surface area contributed by atoms with Gasteiger partial charge < -0.3 is 10.6 Å². The second-order valence-electron chi connectivity index (χ2n) is 10.3. The van der Waals surface area contributed by atoms with E-state index in [9.17, 15) is 9.18 Å². The Morgan fingerprint density at radius 2 is 1.97 bits per heavy atom. The second kappa shape index (κ2) is 8.43. The van der Waals surface area contributed by atoms with E-state index in [4.69, 9.17) is 20.8 Å². The zero-order valence-electron chi connectivity index (χ0n) is 20.9. The van der Waals surface area contributed by atoms with Crippen molar-refractivity contribution < 1.29 is 9.18 Å². The number of amidine groups is 1. The van der Waals surface area contributed by atoms with Gasteiger partial charge in [0.15, 0.2) is 17.3 Å². The summed E-state index contributed by atoms with van der Waals surface area (Å²) in [6, 6.07) is 10.2. The van der Waals surface area contributed by atoms with Gasteiger partial charge in [-0.2, -0.15) is 5.10 Å². The molecule has 9 nitrogen and oxygen atoms in total. The number of pyridine rings is 1. The minimum absolute atomic E-state index is 0.180. The molecule has 0 bridgehead atoms. The number of fused-ring (bicyclic) bond motifs is 2. The normalized spacial score (nSPS) is 16.1. The van der Waals surface area contributed by atoms with Crippen LogP contribution in [0.3, 0.4) is 0 Å². The molecule has 37 heavy (non-hydrogen) atoms. The molecule has 1 amide bonds. The Hall–Kier alpha value is -4.21. The molecule has 188 valence electrons. The molecule has 0 atom stereocenters. The monoisotopic (exact) mass is 498 g/mol. The van der Waals surface area contributed by atoms with Crippen molar-refractivity contribution in [3.8, 4) is 11.5 Å². The molecule has 0 radical (unpaired) electrons. The third kappa shape index (κ3) is 3.92. The van der Waals surface area contributed by atoms with Crippen LogP contribution in [0.25, 0.3) is 22.6 Å². The molecular formula is C27H27FN8O. The Morgan fingerprint density at radius 1 is 1.19 bits per heavy atom. The van der Waals surface area contributed by atoms with E-state index in [1.165, 1.54) is 6.07 Å². The van der Waals surface area contributed by atoms with Crippen LogP contribution in [0.2, 0.25) is 0 Å². The molecular weight excluding hydrogens is 471 g/mol. The number of hydrogen-bond donors (Lipinski definition) is 1. The van der Waals surface area contributed by atoms with E-state index in [1.54, 1.807) is 47.1 Å². The Kier molecular flexibility index (Phi) is 5.29. The van der Waals surface area contributed by atoms with Gasteiger partial charge in [-0.1, -0.05) is 18.2 Å². The van der Waals surface area contributed by atoms with Gasteiger partial charge in [-0.3, -0.25) is 4.79 Å². The van der Waals surface area contributed by atoms with Crippen LogP contribution in [-0.2, 0) is 12.0 Å². The Labute approximate surface area is 213 Å². The van der Waals surface area contributed by atoms with Crippen molar-refractivity contribution >= 4 is 28.6 Å². The first kappa shape index (κ1) is 23.2. The van der Waals surface area contributed by atoms with Gasteiger partial charge in [0, 0.05) is 30.9 Å². The number of aromatic nitrogens is 5. The highest BCUT2D eigenvalue weighted by atomic mass is 19.1. The lowest BCUT2D eigenvalue weighted by atomic mass is 9.84. The Bertz CT molecular complexity index is 1590. The van der Waals surface area contributed by atoms with Crippen LogP contribution in [0.1, 0.15) is 48.3 Å². The Morgan fingerprint density at radius 3 is 2.73 bits per heavy atom. The van der Waals surface area contributed by atoms with Crippen molar-refractivity contribution in [2.45, 2.75) is 38.6 Å². The van der Waals surface area contributed by atoms with Gasteiger partial charge in [-0.05, 0) is 50.8 Å². The van der Waals surface area contributed by atoms with Crippen molar-refractivity contribution in [2.24, 2.45) is 16.6 Å². The van der Waals surface area contributed by atoms with Crippen LogP contribution < -0.4 is 5.73 Å². The number of nitrogens with zero attached hydrogens (tertiary/aromatic N) is 7. The van der Waals surface area contributed by atoms with Gasteiger partial charge in [0.1, 0.15) is 23.0 Å². The highest BCUT2D eigenvalue weighted by Gasteiger charge is 2.41. The lowest BCUT2D eigenvalue weighted by Gasteiger charge is -2.24. The number of carbonyl (C=O) groups excluding carboxylic acids is 1. The fraction of sp³-hybridized carbons (Fsp3) is 0.333. The van der Waals surface area contributed by atoms with Gasteiger partial charge in [-0.25, -0.2) is 29.0 Å². The van der Waals surface area contributed by atoms with Gasteiger partial charge in [-0.15, -0.1) is 0 Å². The summed E-state index contributed by atoms with van der Waals surface area (Å²) >= 11 is 0. The molecule has 1 aliphatic carbocycles. The number of halogens is 1. The van der Waals surface area contributed by atoms with Crippen LogP contribution in [-0.4, -0.2) is 55.0 Å². The van der Waals surface area contributed by atoms with Gasteiger partial charge in [0.2, 0.25) is 0 Å². The van der Waals surface area contributed by atoms with Crippen molar-refractivity contribution in [3.63, 3.8) is 0 Å². The van der Waals surface area contributed by atoms with Gasteiger partial charge in [0.25, 0.3) is 5.91 Å². The molecule has 1 saturated carbocycles. The second-order valence-corrected chi connectivity index (χ2v) is 10.3. The molecule has 2 N–H and O–H groups in total. The molecule has 1 aliphatic heterocycles. The minimum atomic E-state index is -0.687. The highest BCUT2D eigenvalue weighted by Crippen LogP contribution is 2.41. The summed E-state index contributed by atoms with van der Waals surface area (Å²) in [7, 11) is 1.80. The first-order valence-electron chi connectivity index (χ1n) is 12.3. The van der Waals surface area contributed by atoms with Crippen LogP contribution in [0.4, 0.5) is 10.2 Å². The van der Waals surface area contributed by atoms with E-state index in [0.29, 0.717) is 52.0 Å². The van der Waals surface area contributed by atoms with Crippen molar-refractivity contribution in [2.75, 3.05) is 13.6 Å². The standard InChI is InChI=1S/C27H27FN8O/c1-27(2)19-21(25(37)35(3)13-15-10-11-15)31-23(32-22(19)33-26(27)29)20-17-8-6-12-30-24(17)36(34-20)14-16-7-4-5-9-18(16)28/h4-9,12,15H,10-11,13-14H2,1-3H3,(H2,29,31,32,33). The van der Waals surface area contributed by atoms with E-state index in [-0.39, 0.29) is 29.8 Å². The van der Waals surface area contributed by atoms with Crippen molar-refractivity contribution in [3.05, 3.63) is 65.2 Å². The van der Waals surface area contributed by atoms with E-state index >= 15 is 0 Å². The minimum Gasteiger partial charge on any atom is -0.386 e. The molecule has 1 fully saturated rings. The summed E-state index contributed by atoms with van der Waals surface area (Å²) in [6.45, 7) is 4.69. The molecule has 10 heteroatoms. The fourth-order valence-corrected chi connectivity index (χ4v) is 4.77. The van der Waals surface area contributed by atoms with Gasteiger partial charge in [0.05, 0.1) is 17.3 Å². The fourth-order valence-electron chi connectivity index (χ4n) is 4.77. The molecule has 2 aliphatic rings. The molecule has 4 heterocycles. The number of hydrogen-bond acceptors (Lipinski definition) is 7. The zero-order chi connectivity index (χ0) is 25.9. The maximum absolute atomic E-state index is 14.4. The largest absolute Gasteiger partial charge is 0.386 e.